The Morgan fingerprint density at radius 2 is 2.10 bits per heavy atom. The molecule has 5 heteroatoms. The summed E-state index contributed by atoms with van der Waals surface area (Å²) in [6.07, 6.45) is 2.87. The summed E-state index contributed by atoms with van der Waals surface area (Å²) in [7, 11) is 0. The monoisotopic (exact) mass is 274 g/mol. The van der Waals surface area contributed by atoms with E-state index in [2.05, 4.69) is 11.9 Å². The number of aromatic carboxylic acids is 1. The minimum atomic E-state index is -1.28. The molecule has 106 valence electrons. The van der Waals surface area contributed by atoms with Gasteiger partial charge in [0.1, 0.15) is 0 Å². The van der Waals surface area contributed by atoms with Crippen LogP contribution in [0.25, 0.3) is 11.0 Å². The van der Waals surface area contributed by atoms with Gasteiger partial charge in [-0.05, 0) is 25.5 Å². The zero-order valence-electron chi connectivity index (χ0n) is 11.7. The second-order valence-corrected chi connectivity index (χ2v) is 4.92. The van der Waals surface area contributed by atoms with Crippen molar-refractivity contribution in [1.82, 2.24) is 9.55 Å². The Hall–Kier alpha value is -2.17. The predicted octanol–water partition coefficient (Wildman–Crippen LogP) is 2.85. The van der Waals surface area contributed by atoms with Gasteiger partial charge in [-0.15, -0.1) is 0 Å². The van der Waals surface area contributed by atoms with E-state index in [1.54, 1.807) is 22.8 Å². The molecule has 2 rings (SSSR count). The number of benzene rings is 1. The molecule has 1 aromatic heterocycles. The van der Waals surface area contributed by atoms with E-state index in [0.29, 0.717) is 11.0 Å². The fourth-order valence-corrected chi connectivity index (χ4v) is 2.36. The third kappa shape index (κ3) is 2.57. The highest BCUT2D eigenvalue weighted by atomic mass is 16.4. The molecular weight excluding hydrogens is 256 g/mol. The molecule has 0 unspecified atom stereocenters. The molecule has 0 radical (unpaired) electrons. The molecule has 5 nitrogen and oxygen atoms in total. The van der Waals surface area contributed by atoms with Gasteiger partial charge >= 0.3 is 5.97 Å². The molecular formula is C15H18N2O3. The molecule has 2 aromatic rings. The average molecular weight is 274 g/mol. The molecule has 0 saturated heterocycles. The van der Waals surface area contributed by atoms with Crippen LogP contribution in [0.15, 0.2) is 29.1 Å². The molecule has 1 aromatic carbocycles. The molecule has 0 bridgehead atoms. The Balaban J connectivity index is 2.69. The summed E-state index contributed by atoms with van der Waals surface area (Å²) < 4.78 is 1.56. The third-order valence-corrected chi connectivity index (χ3v) is 3.41. The van der Waals surface area contributed by atoms with Crippen LogP contribution in [-0.2, 0) is 0 Å². The summed E-state index contributed by atoms with van der Waals surface area (Å²) in [6.45, 7) is 4.03. The Kier molecular flexibility index (Phi) is 4.17. The molecule has 1 atom stereocenters. The fraction of sp³-hybridized carbons (Fsp3) is 0.400. The van der Waals surface area contributed by atoms with Crippen molar-refractivity contribution in [1.29, 1.82) is 0 Å². The van der Waals surface area contributed by atoms with Crippen LogP contribution in [0.5, 0.6) is 0 Å². The topological polar surface area (TPSA) is 72.2 Å². The van der Waals surface area contributed by atoms with E-state index in [-0.39, 0.29) is 6.04 Å². The van der Waals surface area contributed by atoms with Crippen molar-refractivity contribution in [2.75, 3.05) is 0 Å². The predicted molar refractivity (Wildman–Crippen MR) is 77.2 cm³/mol. The van der Waals surface area contributed by atoms with Gasteiger partial charge in [0, 0.05) is 6.04 Å². The molecule has 0 amide bonds. The van der Waals surface area contributed by atoms with Crippen molar-refractivity contribution >= 4 is 17.0 Å². The summed E-state index contributed by atoms with van der Waals surface area (Å²) in [5.74, 6) is -1.28. The van der Waals surface area contributed by atoms with Crippen LogP contribution in [0, 0.1) is 0 Å². The number of nitrogens with zero attached hydrogens (tertiary/aromatic N) is 2. The standard InChI is InChI=1S/C15H18N2O3/c1-3-4-7-10(2)17-12-9-6-5-8-11(12)16-13(14(17)18)15(19)20/h5-6,8-10H,3-4,7H2,1-2H3,(H,19,20)/t10-/m0/s1. The molecule has 1 N–H and O–H groups in total. The van der Waals surface area contributed by atoms with Crippen molar-refractivity contribution in [2.45, 2.75) is 39.2 Å². The lowest BCUT2D eigenvalue weighted by Crippen LogP contribution is -2.30. The van der Waals surface area contributed by atoms with Crippen LogP contribution in [0.3, 0.4) is 0 Å². The van der Waals surface area contributed by atoms with E-state index >= 15 is 0 Å². The van der Waals surface area contributed by atoms with E-state index in [1.807, 2.05) is 13.0 Å². The molecule has 0 aliphatic carbocycles. The zero-order chi connectivity index (χ0) is 14.7. The molecule has 0 aliphatic heterocycles. The molecule has 0 fully saturated rings. The largest absolute Gasteiger partial charge is 0.476 e. The highest BCUT2D eigenvalue weighted by Crippen LogP contribution is 2.19. The zero-order valence-corrected chi connectivity index (χ0v) is 11.7. The van der Waals surface area contributed by atoms with Gasteiger partial charge in [-0.1, -0.05) is 31.9 Å². The quantitative estimate of drug-likeness (QED) is 0.910. The molecule has 0 saturated carbocycles. The van der Waals surface area contributed by atoms with Crippen molar-refractivity contribution in [3.05, 3.63) is 40.3 Å². The van der Waals surface area contributed by atoms with Gasteiger partial charge < -0.3 is 9.67 Å². The van der Waals surface area contributed by atoms with E-state index in [4.69, 9.17) is 5.11 Å². The van der Waals surface area contributed by atoms with Gasteiger partial charge in [0.2, 0.25) is 5.69 Å². The third-order valence-electron chi connectivity index (χ3n) is 3.41. The summed E-state index contributed by atoms with van der Waals surface area (Å²) in [5.41, 5.74) is 0.283. The number of unbranched alkanes of at least 4 members (excludes halogenated alkanes) is 1. The van der Waals surface area contributed by atoms with E-state index in [1.165, 1.54) is 0 Å². The van der Waals surface area contributed by atoms with E-state index < -0.39 is 17.2 Å². The summed E-state index contributed by atoms with van der Waals surface area (Å²) in [5, 5.41) is 9.13. The van der Waals surface area contributed by atoms with Crippen LogP contribution in [0.2, 0.25) is 0 Å². The van der Waals surface area contributed by atoms with Crippen LogP contribution in [0.4, 0.5) is 0 Å². The van der Waals surface area contributed by atoms with Gasteiger partial charge in [0.25, 0.3) is 5.56 Å². The number of fused-ring (bicyclic) bond motifs is 1. The lowest BCUT2D eigenvalue weighted by Gasteiger charge is -2.18. The van der Waals surface area contributed by atoms with Gasteiger partial charge in [0.15, 0.2) is 0 Å². The Morgan fingerprint density at radius 3 is 2.75 bits per heavy atom. The number of rotatable bonds is 5. The van der Waals surface area contributed by atoms with Crippen molar-refractivity contribution < 1.29 is 9.90 Å². The number of aromatic nitrogens is 2. The lowest BCUT2D eigenvalue weighted by atomic mass is 10.1. The SMILES string of the molecule is CCCC[C@H](C)n1c(=O)c(C(=O)O)nc2ccccc21. The van der Waals surface area contributed by atoms with Gasteiger partial charge in [0.05, 0.1) is 11.0 Å². The first-order chi connectivity index (χ1) is 9.56. The minimum absolute atomic E-state index is 0.0477. The summed E-state index contributed by atoms with van der Waals surface area (Å²) in [6, 6.07) is 7.09. The van der Waals surface area contributed by atoms with Crippen molar-refractivity contribution in [3.63, 3.8) is 0 Å². The van der Waals surface area contributed by atoms with Crippen molar-refractivity contribution in [2.24, 2.45) is 0 Å². The molecule has 1 heterocycles. The van der Waals surface area contributed by atoms with E-state index in [9.17, 15) is 9.59 Å². The molecule has 0 aliphatic rings. The molecule has 20 heavy (non-hydrogen) atoms. The number of hydrogen-bond donors (Lipinski definition) is 1. The van der Waals surface area contributed by atoms with Gasteiger partial charge in [-0.3, -0.25) is 4.79 Å². The minimum Gasteiger partial charge on any atom is -0.476 e. The first kappa shape index (κ1) is 14.2. The first-order valence-electron chi connectivity index (χ1n) is 6.80. The Bertz CT molecular complexity index is 691. The van der Waals surface area contributed by atoms with Crippen molar-refractivity contribution in [3.8, 4) is 0 Å². The maximum absolute atomic E-state index is 12.3. The number of carboxylic acids is 1. The smallest absolute Gasteiger partial charge is 0.360 e. The number of para-hydroxylation sites is 2. The van der Waals surface area contributed by atoms with Crippen LogP contribution >= 0.6 is 0 Å². The van der Waals surface area contributed by atoms with Gasteiger partial charge in [-0.2, -0.15) is 0 Å². The normalized spacial score (nSPS) is 12.5. The Labute approximate surface area is 116 Å². The Morgan fingerprint density at radius 1 is 1.40 bits per heavy atom. The van der Waals surface area contributed by atoms with Crippen LogP contribution in [-0.4, -0.2) is 20.6 Å². The second-order valence-electron chi connectivity index (χ2n) is 4.92. The molecule has 0 spiro atoms. The maximum atomic E-state index is 12.3. The highest BCUT2D eigenvalue weighted by molar-refractivity contribution is 5.88. The van der Waals surface area contributed by atoms with Crippen LogP contribution in [0.1, 0.15) is 49.6 Å². The maximum Gasteiger partial charge on any atom is 0.360 e. The average Bonchev–Trinajstić information content (AvgIpc) is 2.43. The summed E-state index contributed by atoms with van der Waals surface area (Å²) in [4.78, 5) is 27.5. The number of carbonyl (C=O) groups is 1. The summed E-state index contributed by atoms with van der Waals surface area (Å²) >= 11 is 0. The highest BCUT2D eigenvalue weighted by Gasteiger charge is 2.19. The number of carboxylic acid groups (broad SMARTS) is 1. The second kappa shape index (κ2) is 5.86. The lowest BCUT2D eigenvalue weighted by molar-refractivity contribution is 0.0688. The van der Waals surface area contributed by atoms with Crippen LogP contribution < -0.4 is 5.56 Å². The van der Waals surface area contributed by atoms with Gasteiger partial charge in [-0.25, -0.2) is 9.78 Å². The number of hydrogen-bond acceptors (Lipinski definition) is 3. The first-order valence-corrected chi connectivity index (χ1v) is 6.80. The van der Waals surface area contributed by atoms with E-state index in [0.717, 1.165) is 19.3 Å². The fourth-order valence-electron chi connectivity index (χ4n) is 2.36.